The van der Waals surface area contributed by atoms with Crippen molar-refractivity contribution in [3.63, 3.8) is 0 Å². The van der Waals surface area contributed by atoms with Gasteiger partial charge in [-0.15, -0.1) is 0 Å². The molecule has 1 heterocycles. The Bertz CT molecular complexity index is 1070. The van der Waals surface area contributed by atoms with Crippen LogP contribution >= 0.6 is 0 Å². The third kappa shape index (κ3) is 4.72. The van der Waals surface area contributed by atoms with E-state index in [9.17, 15) is 13.2 Å². The summed E-state index contributed by atoms with van der Waals surface area (Å²) in [7, 11) is -3.37. The lowest BCUT2D eigenvalue weighted by atomic mass is 10.1. The third-order valence-electron chi connectivity index (χ3n) is 4.62. The number of rotatable bonds is 8. The maximum atomic E-state index is 12.6. The number of unbranched alkanes of at least 4 members (excludes halogenated alkanes) is 1. The second-order valence-electron chi connectivity index (χ2n) is 6.83. The SMILES string of the molecule is CCCCS(=O)(=O)Nc1ccc2[nH]c(C(=O)NCc3ccccc3)c(C)c2c1. The zero-order valence-electron chi connectivity index (χ0n) is 16.1. The molecular formula is C21H25N3O3S. The van der Waals surface area contributed by atoms with Gasteiger partial charge in [0.05, 0.1) is 5.75 Å². The van der Waals surface area contributed by atoms with E-state index in [4.69, 9.17) is 0 Å². The molecule has 0 saturated heterocycles. The number of hydrogen-bond donors (Lipinski definition) is 3. The number of carbonyl (C=O) groups excluding carboxylic acids is 1. The lowest BCUT2D eigenvalue weighted by molar-refractivity contribution is 0.0946. The van der Waals surface area contributed by atoms with Gasteiger partial charge in [0.2, 0.25) is 10.0 Å². The quantitative estimate of drug-likeness (QED) is 0.536. The van der Waals surface area contributed by atoms with E-state index < -0.39 is 10.0 Å². The number of sulfonamides is 1. The molecule has 0 aliphatic heterocycles. The highest BCUT2D eigenvalue weighted by Crippen LogP contribution is 2.25. The van der Waals surface area contributed by atoms with Crippen molar-refractivity contribution in [3.8, 4) is 0 Å². The summed E-state index contributed by atoms with van der Waals surface area (Å²) in [5.41, 5.74) is 3.58. The van der Waals surface area contributed by atoms with E-state index in [0.29, 0.717) is 24.3 Å². The molecule has 6 nitrogen and oxygen atoms in total. The van der Waals surface area contributed by atoms with E-state index >= 15 is 0 Å². The first-order valence-electron chi connectivity index (χ1n) is 9.34. The predicted octanol–water partition coefficient (Wildman–Crippen LogP) is 3.95. The summed E-state index contributed by atoms with van der Waals surface area (Å²) < 4.78 is 26.9. The number of aryl methyl sites for hydroxylation is 1. The van der Waals surface area contributed by atoms with Crippen LogP contribution in [0.4, 0.5) is 5.69 Å². The molecule has 1 aromatic heterocycles. The minimum atomic E-state index is -3.37. The van der Waals surface area contributed by atoms with Crippen molar-refractivity contribution in [2.24, 2.45) is 0 Å². The Morgan fingerprint density at radius 3 is 2.57 bits per heavy atom. The Kier molecular flexibility index (Phi) is 6.04. The monoisotopic (exact) mass is 399 g/mol. The normalized spacial score (nSPS) is 11.5. The summed E-state index contributed by atoms with van der Waals surface area (Å²) in [4.78, 5) is 15.7. The van der Waals surface area contributed by atoms with Crippen molar-refractivity contribution in [3.05, 3.63) is 65.4 Å². The molecule has 0 spiro atoms. The molecule has 0 radical (unpaired) electrons. The molecule has 148 valence electrons. The molecule has 3 N–H and O–H groups in total. The molecule has 3 rings (SSSR count). The number of amides is 1. The average Bonchev–Trinajstić information content (AvgIpc) is 3.01. The van der Waals surface area contributed by atoms with Crippen molar-refractivity contribution < 1.29 is 13.2 Å². The van der Waals surface area contributed by atoms with Gasteiger partial charge in [-0.05, 0) is 42.7 Å². The summed E-state index contributed by atoms with van der Waals surface area (Å²) in [6.45, 7) is 4.25. The second-order valence-corrected chi connectivity index (χ2v) is 8.67. The van der Waals surface area contributed by atoms with Crippen LogP contribution in [0.2, 0.25) is 0 Å². The fourth-order valence-electron chi connectivity index (χ4n) is 3.05. The summed E-state index contributed by atoms with van der Waals surface area (Å²) in [5.74, 6) is -0.0940. The Balaban J connectivity index is 1.78. The molecule has 2 aromatic carbocycles. The Labute approximate surface area is 165 Å². The van der Waals surface area contributed by atoms with Crippen LogP contribution in [0.1, 0.15) is 41.4 Å². The molecule has 0 fully saturated rings. The van der Waals surface area contributed by atoms with E-state index in [-0.39, 0.29) is 11.7 Å². The number of fused-ring (bicyclic) bond motifs is 1. The first kappa shape index (κ1) is 19.9. The van der Waals surface area contributed by atoms with Gasteiger partial charge >= 0.3 is 0 Å². The lowest BCUT2D eigenvalue weighted by Gasteiger charge is -2.07. The number of benzene rings is 2. The molecule has 0 bridgehead atoms. The number of aromatic nitrogens is 1. The number of anilines is 1. The smallest absolute Gasteiger partial charge is 0.268 e. The van der Waals surface area contributed by atoms with Crippen molar-refractivity contribution in [2.75, 3.05) is 10.5 Å². The van der Waals surface area contributed by atoms with Gasteiger partial charge in [0.25, 0.3) is 5.91 Å². The van der Waals surface area contributed by atoms with Gasteiger partial charge in [-0.1, -0.05) is 43.7 Å². The van der Waals surface area contributed by atoms with Gasteiger partial charge in [-0.2, -0.15) is 0 Å². The molecule has 7 heteroatoms. The zero-order valence-corrected chi connectivity index (χ0v) is 16.9. The van der Waals surface area contributed by atoms with Crippen LogP contribution in [0, 0.1) is 6.92 Å². The van der Waals surface area contributed by atoms with E-state index in [1.807, 2.05) is 44.2 Å². The predicted molar refractivity (Wildman–Crippen MR) is 113 cm³/mol. The average molecular weight is 400 g/mol. The molecule has 1 amide bonds. The first-order valence-corrected chi connectivity index (χ1v) is 11.0. The molecule has 0 saturated carbocycles. The number of aromatic amines is 1. The van der Waals surface area contributed by atoms with Crippen LogP contribution in [-0.2, 0) is 16.6 Å². The van der Waals surface area contributed by atoms with Crippen LogP contribution < -0.4 is 10.0 Å². The van der Waals surface area contributed by atoms with Gasteiger partial charge in [0.15, 0.2) is 0 Å². The van der Waals surface area contributed by atoms with E-state index in [1.54, 1.807) is 18.2 Å². The molecule has 0 aliphatic carbocycles. The van der Waals surface area contributed by atoms with Crippen molar-refractivity contribution in [2.45, 2.75) is 33.2 Å². The van der Waals surface area contributed by atoms with Gasteiger partial charge in [-0.25, -0.2) is 8.42 Å². The van der Waals surface area contributed by atoms with Crippen molar-refractivity contribution in [1.29, 1.82) is 0 Å². The molecule has 28 heavy (non-hydrogen) atoms. The minimum absolute atomic E-state index is 0.0980. The Hall–Kier alpha value is -2.80. The van der Waals surface area contributed by atoms with Crippen LogP contribution in [0.15, 0.2) is 48.5 Å². The van der Waals surface area contributed by atoms with Gasteiger partial charge in [0, 0.05) is 23.1 Å². The van der Waals surface area contributed by atoms with Crippen LogP contribution in [0.25, 0.3) is 10.9 Å². The minimum Gasteiger partial charge on any atom is -0.350 e. The van der Waals surface area contributed by atoms with Crippen LogP contribution in [0.5, 0.6) is 0 Å². The molecule has 0 unspecified atom stereocenters. The Morgan fingerprint density at radius 2 is 1.86 bits per heavy atom. The summed E-state index contributed by atoms with van der Waals surface area (Å²) in [6.07, 6.45) is 1.44. The fourth-order valence-corrected chi connectivity index (χ4v) is 4.31. The topological polar surface area (TPSA) is 91.1 Å². The first-order chi connectivity index (χ1) is 13.4. The molecular weight excluding hydrogens is 374 g/mol. The fraction of sp³-hybridized carbons (Fsp3) is 0.286. The highest BCUT2D eigenvalue weighted by atomic mass is 32.2. The van der Waals surface area contributed by atoms with Crippen LogP contribution in [-0.4, -0.2) is 25.1 Å². The molecule has 0 aliphatic rings. The number of nitrogens with one attached hydrogen (secondary N) is 3. The van der Waals surface area contributed by atoms with Crippen molar-refractivity contribution >= 4 is 32.5 Å². The third-order valence-corrected chi connectivity index (χ3v) is 5.99. The number of carbonyl (C=O) groups is 1. The van der Waals surface area contributed by atoms with Gasteiger partial charge < -0.3 is 10.3 Å². The van der Waals surface area contributed by atoms with Gasteiger partial charge in [-0.3, -0.25) is 9.52 Å². The van der Waals surface area contributed by atoms with Crippen molar-refractivity contribution in [1.82, 2.24) is 10.3 Å². The maximum Gasteiger partial charge on any atom is 0.268 e. The van der Waals surface area contributed by atoms with E-state index in [1.165, 1.54) is 0 Å². The largest absolute Gasteiger partial charge is 0.350 e. The summed E-state index contributed by atoms with van der Waals surface area (Å²) >= 11 is 0. The van der Waals surface area contributed by atoms with E-state index in [2.05, 4.69) is 15.0 Å². The molecule has 0 atom stereocenters. The summed E-state index contributed by atoms with van der Waals surface area (Å²) in [6, 6.07) is 14.9. The number of H-pyrrole nitrogens is 1. The standard InChI is InChI=1S/C21H25N3O3S/c1-3-4-12-28(26,27)24-17-10-11-19-18(13-17)15(2)20(23-19)21(25)22-14-16-8-6-5-7-9-16/h5-11,13,23-24H,3-4,12,14H2,1-2H3,(H,22,25). The highest BCUT2D eigenvalue weighted by molar-refractivity contribution is 7.92. The highest BCUT2D eigenvalue weighted by Gasteiger charge is 2.16. The van der Waals surface area contributed by atoms with Gasteiger partial charge in [0.1, 0.15) is 5.69 Å². The summed E-state index contributed by atoms with van der Waals surface area (Å²) in [5, 5.41) is 3.73. The Morgan fingerprint density at radius 1 is 1.11 bits per heavy atom. The lowest BCUT2D eigenvalue weighted by Crippen LogP contribution is -2.23. The zero-order chi connectivity index (χ0) is 20.1. The number of hydrogen-bond acceptors (Lipinski definition) is 3. The van der Waals surface area contributed by atoms with E-state index in [0.717, 1.165) is 28.5 Å². The maximum absolute atomic E-state index is 12.6. The van der Waals surface area contributed by atoms with Crippen LogP contribution in [0.3, 0.4) is 0 Å². The second kappa shape index (κ2) is 8.48. The molecule has 3 aromatic rings.